The number of aromatic nitrogens is 1. The van der Waals surface area contributed by atoms with Crippen molar-refractivity contribution in [3.05, 3.63) is 38.6 Å². The van der Waals surface area contributed by atoms with Crippen molar-refractivity contribution in [2.75, 3.05) is 0 Å². The van der Waals surface area contributed by atoms with Gasteiger partial charge in [-0.25, -0.2) is 4.98 Å². The molecule has 2 nitrogen and oxygen atoms in total. The van der Waals surface area contributed by atoms with E-state index in [-0.39, 0.29) is 5.54 Å². The molecule has 0 atom stereocenters. The van der Waals surface area contributed by atoms with Crippen molar-refractivity contribution in [3.63, 3.8) is 0 Å². The summed E-state index contributed by atoms with van der Waals surface area (Å²) in [5.74, 6) is 0. The van der Waals surface area contributed by atoms with Gasteiger partial charge in [-0.2, -0.15) is 0 Å². The Balaban J connectivity index is 1.97. The van der Waals surface area contributed by atoms with E-state index < -0.39 is 0 Å². The highest BCUT2D eigenvalue weighted by Crippen LogP contribution is 2.39. The van der Waals surface area contributed by atoms with Crippen LogP contribution in [0.5, 0.6) is 0 Å². The zero-order valence-corrected chi connectivity index (χ0v) is 14.8. The monoisotopic (exact) mass is 364 g/mol. The van der Waals surface area contributed by atoms with E-state index >= 15 is 0 Å². The van der Waals surface area contributed by atoms with Crippen molar-refractivity contribution in [1.29, 1.82) is 0 Å². The third-order valence-corrected chi connectivity index (χ3v) is 6.00. The summed E-state index contributed by atoms with van der Waals surface area (Å²) in [4.78, 5) is 6.19. The molecular weight excluding hydrogens is 344 g/mol. The number of halogens is 1. The summed E-state index contributed by atoms with van der Waals surface area (Å²) < 4.78 is 1.09. The Bertz CT molecular complexity index is 627. The number of thiazole rings is 1. The summed E-state index contributed by atoms with van der Waals surface area (Å²) in [7, 11) is 0. The number of benzene rings is 1. The Labute approximate surface area is 138 Å². The largest absolute Gasteiger partial charge is 0.319 e. The zero-order chi connectivity index (χ0) is 14.9. The third kappa shape index (κ3) is 3.22. The minimum absolute atomic E-state index is 0.212. The highest BCUT2D eigenvalue weighted by atomic mass is 79.9. The van der Waals surface area contributed by atoms with Crippen LogP contribution in [0.1, 0.15) is 48.4 Å². The Kier molecular flexibility index (Phi) is 4.48. The van der Waals surface area contributed by atoms with E-state index in [1.807, 2.05) is 6.07 Å². The molecule has 1 aliphatic rings. The predicted molar refractivity (Wildman–Crippen MR) is 93.6 cm³/mol. The van der Waals surface area contributed by atoms with Gasteiger partial charge in [-0.3, -0.25) is 0 Å². The molecule has 0 bridgehead atoms. The van der Waals surface area contributed by atoms with Crippen molar-refractivity contribution in [2.45, 2.75) is 51.0 Å². The second-order valence-corrected chi connectivity index (χ2v) is 8.12. The van der Waals surface area contributed by atoms with E-state index in [4.69, 9.17) is 10.7 Å². The summed E-state index contributed by atoms with van der Waals surface area (Å²) in [6.45, 7) is 2.15. The second-order valence-electron chi connectivity index (χ2n) is 6.00. The van der Waals surface area contributed by atoms with Gasteiger partial charge in [0.15, 0.2) is 0 Å². The molecule has 0 radical (unpaired) electrons. The summed E-state index contributed by atoms with van der Waals surface area (Å²) in [5, 5.41) is 1.12. The third-order valence-electron chi connectivity index (χ3n) is 4.32. The normalized spacial score (nSPS) is 18.4. The summed E-state index contributed by atoms with van der Waals surface area (Å²) in [6, 6.07) is 8.35. The first-order chi connectivity index (χ1) is 10.1. The van der Waals surface area contributed by atoms with Crippen molar-refractivity contribution in [2.24, 2.45) is 5.73 Å². The molecule has 0 unspecified atom stereocenters. The van der Waals surface area contributed by atoms with E-state index in [1.54, 1.807) is 11.3 Å². The maximum absolute atomic E-state index is 6.71. The Morgan fingerprint density at radius 3 is 2.57 bits per heavy atom. The molecule has 0 aliphatic heterocycles. The minimum Gasteiger partial charge on any atom is -0.319 e. The fourth-order valence-corrected chi connectivity index (χ4v) is 4.58. The Hall–Kier alpha value is -0.710. The maximum Gasteiger partial charge on any atom is 0.113 e. The van der Waals surface area contributed by atoms with E-state index in [1.165, 1.54) is 36.1 Å². The van der Waals surface area contributed by atoms with Gasteiger partial charge < -0.3 is 5.73 Å². The average molecular weight is 365 g/mol. The van der Waals surface area contributed by atoms with Gasteiger partial charge in [-0.15, -0.1) is 11.3 Å². The number of aryl methyl sites for hydroxylation is 1. The molecule has 0 spiro atoms. The van der Waals surface area contributed by atoms with Crippen LogP contribution in [-0.2, 0) is 5.54 Å². The first-order valence-electron chi connectivity index (χ1n) is 7.61. The topological polar surface area (TPSA) is 38.9 Å². The molecule has 1 aromatic heterocycles. The van der Waals surface area contributed by atoms with Gasteiger partial charge in [-0.05, 0) is 31.9 Å². The van der Waals surface area contributed by atoms with Crippen molar-refractivity contribution in [3.8, 4) is 11.3 Å². The number of hydrogen-bond acceptors (Lipinski definition) is 3. The van der Waals surface area contributed by atoms with Crippen LogP contribution in [0, 0.1) is 6.92 Å². The van der Waals surface area contributed by atoms with Crippen LogP contribution in [0.3, 0.4) is 0 Å². The molecule has 2 aromatic rings. The van der Waals surface area contributed by atoms with Crippen LogP contribution in [0.4, 0.5) is 0 Å². The van der Waals surface area contributed by atoms with Crippen LogP contribution in [0.25, 0.3) is 11.3 Å². The molecular formula is C17H21BrN2S. The lowest BCUT2D eigenvalue weighted by Crippen LogP contribution is -2.35. The summed E-state index contributed by atoms with van der Waals surface area (Å²) >= 11 is 5.32. The first kappa shape index (κ1) is 15.2. The molecule has 1 heterocycles. The van der Waals surface area contributed by atoms with Crippen LogP contribution in [0.15, 0.2) is 28.7 Å². The smallest absolute Gasteiger partial charge is 0.113 e. The summed E-state index contributed by atoms with van der Waals surface area (Å²) in [6.07, 6.45) is 7.20. The van der Waals surface area contributed by atoms with Gasteiger partial charge in [0, 0.05) is 14.9 Å². The molecule has 1 fully saturated rings. The molecule has 0 amide bonds. The SMILES string of the molecule is Cc1sc(C2(N)CCCCCC2)nc1-c1cccc(Br)c1. The molecule has 1 aromatic carbocycles. The van der Waals surface area contributed by atoms with Crippen LogP contribution >= 0.6 is 27.3 Å². The average Bonchev–Trinajstić information content (AvgIpc) is 2.71. The maximum atomic E-state index is 6.71. The molecule has 1 aliphatic carbocycles. The molecule has 3 rings (SSSR count). The second kappa shape index (κ2) is 6.19. The lowest BCUT2D eigenvalue weighted by Gasteiger charge is -2.25. The highest BCUT2D eigenvalue weighted by molar-refractivity contribution is 9.10. The van der Waals surface area contributed by atoms with Crippen molar-refractivity contribution < 1.29 is 0 Å². The van der Waals surface area contributed by atoms with Gasteiger partial charge in [0.25, 0.3) is 0 Å². The summed E-state index contributed by atoms with van der Waals surface area (Å²) in [5.41, 5.74) is 8.75. The lowest BCUT2D eigenvalue weighted by molar-refractivity contribution is 0.384. The molecule has 4 heteroatoms. The van der Waals surface area contributed by atoms with Gasteiger partial charge in [-0.1, -0.05) is 53.7 Å². The van der Waals surface area contributed by atoms with E-state index in [0.29, 0.717) is 0 Å². The van der Waals surface area contributed by atoms with E-state index in [0.717, 1.165) is 28.0 Å². The van der Waals surface area contributed by atoms with Crippen LogP contribution in [-0.4, -0.2) is 4.98 Å². The van der Waals surface area contributed by atoms with Crippen molar-refractivity contribution >= 4 is 27.3 Å². The fourth-order valence-electron chi connectivity index (χ4n) is 3.09. The number of rotatable bonds is 2. The molecule has 0 saturated heterocycles. The van der Waals surface area contributed by atoms with E-state index in [9.17, 15) is 0 Å². The highest BCUT2D eigenvalue weighted by Gasteiger charge is 2.32. The zero-order valence-electron chi connectivity index (χ0n) is 12.4. The van der Waals surface area contributed by atoms with Crippen LogP contribution < -0.4 is 5.73 Å². The lowest BCUT2D eigenvalue weighted by atomic mass is 9.92. The number of nitrogens with zero attached hydrogens (tertiary/aromatic N) is 1. The Morgan fingerprint density at radius 1 is 1.19 bits per heavy atom. The van der Waals surface area contributed by atoms with E-state index in [2.05, 4.69) is 41.1 Å². The molecule has 1 saturated carbocycles. The predicted octanol–water partition coefficient (Wildman–Crippen LogP) is 5.39. The van der Waals surface area contributed by atoms with Gasteiger partial charge in [0.05, 0.1) is 11.2 Å². The van der Waals surface area contributed by atoms with Gasteiger partial charge in [0.1, 0.15) is 5.01 Å². The quantitative estimate of drug-likeness (QED) is 0.725. The van der Waals surface area contributed by atoms with Gasteiger partial charge >= 0.3 is 0 Å². The minimum atomic E-state index is -0.212. The van der Waals surface area contributed by atoms with Gasteiger partial charge in [0.2, 0.25) is 0 Å². The molecule has 2 N–H and O–H groups in total. The molecule has 112 valence electrons. The number of hydrogen-bond donors (Lipinski definition) is 1. The fraction of sp³-hybridized carbons (Fsp3) is 0.471. The Morgan fingerprint density at radius 2 is 1.90 bits per heavy atom. The van der Waals surface area contributed by atoms with Crippen molar-refractivity contribution in [1.82, 2.24) is 4.98 Å². The van der Waals surface area contributed by atoms with Crippen LogP contribution in [0.2, 0.25) is 0 Å². The molecule has 21 heavy (non-hydrogen) atoms. The number of nitrogens with two attached hydrogens (primary N) is 1. The standard InChI is InChI=1S/C17H21BrN2S/c1-12-15(13-7-6-8-14(18)11-13)20-16(21-12)17(19)9-4-2-3-5-10-17/h6-8,11H,2-5,9-10,19H2,1H3. The first-order valence-corrected chi connectivity index (χ1v) is 9.22.